The van der Waals surface area contributed by atoms with Gasteiger partial charge in [0.2, 0.25) is 0 Å². The van der Waals surface area contributed by atoms with Crippen molar-refractivity contribution in [2.75, 3.05) is 18.5 Å². The lowest BCUT2D eigenvalue weighted by molar-refractivity contribution is 0.626. The van der Waals surface area contributed by atoms with Crippen LogP contribution >= 0.6 is 15.9 Å². The van der Waals surface area contributed by atoms with Crippen LogP contribution in [0.25, 0.3) is 0 Å². The summed E-state index contributed by atoms with van der Waals surface area (Å²) in [5.41, 5.74) is 8.32. The molecule has 0 aliphatic rings. The van der Waals surface area contributed by atoms with E-state index in [4.69, 9.17) is 5.73 Å². The van der Waals surface area contributed by atoms with Crippen molar-refractivity contribution in [1.82, 2.24) is 0 Å². The minimum Gasteiger partial charge on any atom is -0.375 e. The first-order chi connectivity index (χ1) is 9.56. The Hall–Kier alpha value is -1.39. The quantitative estimate of drug-likeness (QED) is 0.889. The molecule has 0 fully saturated rings. The fourth-order valence-electron chi connectivity index (χ4n) is 2.06. The van der Waals surface area contributed by atoms with E-state index in [1.54, 1.807) is 12.1 Å². The Morgan fingerprint density at radius 3 is 2.55 bits per heavy atom. The van der Waals surface area contributed by atoms with Gasteiger partial charge in [-0.2, -0.15) is 0 Å². The first kappa shape index (κ1) is 15.0. The Morgan fingerprint density at radius 2 is 1.90 bits per heavy atom. The van der Waals surface area contributed by atoms with Crippen molar-refractivity contribution in [3.63, 3.8) is 0 Å². The molecule has 0 aliphatic heterocycles. The van der Waals surface area contributed by atoms with Gasteiger partial charge < -0.3 is 10.6 Å². The third kappa shape index (κ3) is 4.05. The first-order valence-corrected chi connectivity index (χ1v) is 7.33. The number of nitrogens with two attached hydrogens (primary N) is 1. The SMILES string of the molecule is CN(CCC(N)c1cccc(Br)c1)c1ccc(F)cc1. The van der Waals surface area contributed by atoms with Gasteiger partial charge in [0.05, 0.1) is 0 Å². The summed E-state index contributed by atoms with van der Waals surface area (Å²) in [5, 5.41) is 0. The van der Waals surface area contributed by atoms with Crippen LogP contribution in [0.1, 0.15) is 18.0 Å². The van der Waals surface area contributed by atoms with Crippen LogP contribution < -0.4 is 10.6 Å². The number of nitrogens with zero attached hydrogens (tertiary/aromatic N) is 1. The maximum absolute atomic E-state index is 12.9. The first-order valence-electron chi connectivity index (χ1n) is 6.54. The van der Waals surface area contributed by atoms with Crippen molar-refractivity contribution in [1.29, 1.82) is 0 Å². The Morgan fingerprint density at radius 1 is 1.20 bits per heavy atom. The number of halogens is 2. The molecule has 0 amide bonds. The van der Waals surface area contributed by atoms with Gasteiger partial charge in [-0.05, 0) is 48.4 Å². The van der Waals surface area contributed by atoms with Crippen LogP contribution in [0.15, 0.2) is 53.0 Å². The minimum atomic E-state index is -0.215. The Balaban J connectivity index is 1.93. The lowest BCUT2D eigenvalue weighted by Gasteiger charge is -2.21. The zero-order valence-electron chi connectivity index (χ0n) is 11.4. The molecule has 0 heterocycles. The van der Waals surface area contributed by atoms with E-state index in [9.17, 15) is 4.39 Å². The van der Waals surface area contributed by atoms with Crippen LogP contribution in [0, 0.1) is 5.82 Å². The van der Waals surface area contributed by atoms with E-state index in [1.165, 1.54) is 12.1 Å². The molecule has 0 saturated carbocycles. The van der Waals surface area contributed by atoms with Gasteiger partial charge in [-0.25, -0.2) is 4.39 Å². The predicted molar refractivity (Wildman–Crippen MR) is 85.4 cm³/mol. The fourth-order valence-corrected chi connectivity index (χ4v) is 2.48. The Labute approximate surface area is 127 Å². The third-order valence-corrected chi connectivity index (χ3v) is 3.81. The van der Waals surface area contributed by atoms with Crippen LogP contribution in [0.2, 0.25) is 0 Å². The highest BCUT2D eigenvalue weighted by atomic mass is 79.9. The lowest BCUT2D eigenvalue weighted by Crippen LogP contribution is -2.23. The Bertz CT molecular complexity index is 557. The molecule has 0 bridgehead atoms. The van der Waals surface area contributed by atoms with Gasteiger partial charge in [0.15, 0.2) is 0 Å². The molecule has 2 nitrogen and oxygen atoms in total. The summed E-state index contributed by atoms with van der Waals surface area (Å²) in [4.78, 5) is 2.08. The van der Waals surface area contributed by atoms with Crippen LogP contribution in [-0.4, -0.2) is 13.6 Å². The topological polar surface area (TPSA) is 29.3 Å². The van der Waals surface area contributed by atoms with Gasteiger partial charge in [0, 0.05) is 29.8 Å². The minimum absolute atomic E-state index is 0.00426. The summed E-state index contributed by atoms with van der Waals surface area (Å²) in [6.07, 6.45) is 0.838. The molecule has 0 radical (unpaired) electrons. The Kier molecular flexibility index (Phi) is 5.15. The lowest BCUT2D eigenvalue weighted by atomic mass is 10.0. The van der Waals surface area contributed by atoms with E-state index in [-0.39, 0.29) is 11.9 Å². The van der Waals surface area contributed by atoms with Crippen molar-refractivity contribution in [3.8, 4) is 0 Å². The summed E-state index contributed by atoms with van der Waals surface area (Å²) in [7, 11) is 1.99. The van der Waals surface area contributed by atoms with E-state index in [2.05, 4.69) is 20.8 Å². The molecule has 2 rings (SSSR count). The summed E-state index contributed by atoms with van der Waals surface area (Å²) in [6.45, 7) is 0.819. The fraction of sp³-hybridized carbons (Fsp3) is 0.250. The molecule has 1 atom stereocenters. The number of hydrogen-bond donors (Lipinski definition) is 1. The average molecular weight is 337 g/mol. The van der Waals surface area contributed by atoms with Crippen LogP contribution in [0.4, 0.5) is 10.1 Å². The zero-order chi connectivity index (χ0) is 14.5. The molecule has 0 spiro atoms. The average Bonchev–Trinajstić information content (AvgIpc) is 2.45. The molecule has 2 aromatic carbocycles. The van der Waals surface area contributed by atoms with E-state index in [1.807, 2.05) is 31.3 Å². The summed E-state index contributed by atoms with van der Waals surface area (Å²) < 4.78 is 13.9. The highest BCUT2D eigenvalue weighted by molar-refractivity contribution is 9.10. The molecule has 20 heavy (non-hydrogen) atoms. The van der Waals surface area contributed by atoms with Crippen molar-refractivity contribution in [3.05, 3.63) is 64.4 Å². The van der Waals surface area contributed by atoms with Crippen molar-refractivity contribution in [2.24, 2.45) is 5.73 Å². The molecule has 0 aliphatic carbocycles. The highest BCUT2D eigenvalue weighted by Crippen LogP contribution is 2.20. The second kappa shape index (κ2) is 6.86. The van der Waals surface area contributed by atoms with Gasteiger partial charge in [-0.15, -0.1) is 0 Å². The summed E-state index contributed by atoms with van der Waals surface area (Å²) in [6, 6.07) is 14.6. The monoisotopic (exact) mass is 336 g/mol. The molecule has 2 aromatic rings. The number of benzene rings is 2. The smallest absolute Gasteiger partial charge is 0.123 e. The maximum atomic E-state index is 12.9. The van der Waals surface area contributed by atoms with E-state index >= 15 is 0 Å². The summed E-state index contributed by atoms with van der Waals surface area (Å²) >= 11 is 3.45. The van der Waals surface area contributed by atoms with Crippen LogP contribution in [0.3, 0.4) is 0 Å². The van der Waals surface area contributed by atoms with Gasteiger partial charge in [0.1, 0.15) is 5.82 Å². The number of anilines is 1. The molecular formula is C16H18BrFN2. The number of hydrogen-bond acceptors (Lipinski definition) is 2. The standard InChI is InChI=1S/C16H18BrFN2/c1-20(15-7-5-14(18)6-8-15)10-9-16(19)12-3-2-4-13(17)11-12/h2-8,11,16H,9-10,19H2,1H3. The maximum Gasteiger partial charge on any atom is 0.123 e. The van der Waals surface area contributed by atoms with Crippen LogP contribution in [-0.2, 0) is 0 Å². The number of rotatable bonds is 5. The van der Waals surface area contributed by atoms with E-state index in [0.29, 0.717) is 0 Å². The van der Waals surface area contributed by atoms with Crippen molar-refractivity contribution in [2.45, 2.75) is 12.5 Å². The van der Waals surface area contributed by atoms with E-state index < -0.39 is 0 Å². The van der Waals surface area contributed by atoms with Crippen molar-refractivity contribution < 1.29 is 4.39 Å². The van der Waals surface area contributed by atoms with Gasteiger partial charge in [-0.3, -0.25) is 0 Å². The second-order valence-corrected chi connectivity index (χ2v) is 5.76. The summed E-state index contributed by atoms with van der Waals surface area (Å²) in [5.74, 6) is -0.215. The van der Waals surface area contributed by atoms with Crippen molar-refractivity contribution >= 4 is 21.6 Å². The molecule has 106 valence electrons. The highest BCUT2D eigenvalue weighted by Gasteiger charge is 2.08. The molecule has 2 N–H and O–H groups in total. The largest absolute Gasteiger partial charge is 0.375 e. The second-order valence-electron chi connectivity index (χ2n) is 4.85. The van der Waals surface area contributed by atoms with Crippen LogP contribution in [0.5, 0.6) is 0 Å². The molecule has 0 aromatic heterocycles. The molecule has 4 heteroatoms. The third-order valence-electron chi connectivity index (χ3n) is 3.32. The van der Waals surface area contributed by atoms with Gasteiger partial charge >= 0.3 is 0 Å². The van der Waals surface area contributed by atoms with Gasteiger partial charge in [0.25, 0.3) is 0 Å². The van der Waals surface area contributed by atoms with Gasteiger partial charge in [-0.1, -0.05) is 28.1 Å². The molecule has 0 saturated heterocycles. The normalized spacial score (nSPS) is 12.2. The molecular weight excluding hydrogens is 319 g/mol. The van der Waals surface area contributed by atoms with E-state index in [0.717, 1.165) is 28.7 Å². The molecule has 1 unspecified atom stereocenters. The predicted octanol–water partition coefficient (Wildman–Crippen LogP) is 4.11. The zero-order valence-corrected chi connectivity index (χ0v) is 13.0.